The number of amides is 1. The summed E-state index contributed by atoms with van der Waals surface area (Å²) in [6.45, 7) is 9.83. The zero-order valence-corrected chi connectivity index (χ0v) is 21.1. The average molecular weight is 486 g/mol. The van der Waals surface area contributed by atoms with Crippen molar-refractivity contribution in [2.45, 2.75) is 44.6 Å². The van der Waals surface area contributed by atoms with E-state index in [1.807, 2.05) is 18.4 Å². The second-order valence-corrected chi connectivity index (χ2v) is 11.1. The summed E-state index contributed by atoms with van der Waals surface area (Å²) in [5.74, 6) is 1.88. The summed E-state index contributed by atoms with van der Waals surface area (Å²) in [4.78, 5) is 24.5. The van der Waals surface area contributed by atoms with Crippen molar-refractivity contribution < 1.29 is 4.79 Å². The Balaban J connectivity index is 0.945. The number of aliphatic imine (C=N–C) groups is 1. The monoisotopic (exact) mass is 485 g/mol. The number of allylic oxidation sites excluding steroid dienone is 3. The van der Waals surface area contributed by atoms with Gasteiger partial charge in [-0.25, -0.2) is 0 Å². The van der Waals surface area contributed by atoms with Crippen molar-refractivity contribution in [3.8, 4) is 0 Å². The molecule has 0 spiro atoms. The highest BCUT2D eigenvalue weighted by molar-refractivity contribution is 6.31. The van der Waals surface area contributed by atoms with Gasteiger partial charge >= 0.3 is 0 Å². The standard InChI is InChI=1S/C27H40ClN5O/c28-23-7-8-24-25(9-11-30-26(24)19-23)29-10-1-12-31-15-17-32(18-16-31)13-2-14-33(20-21-3-4-21)27(34)22-5-6-22/h7-9,11,19,21-22,24,26,29H,1-6,10,12-18,20H2. The van der Waals surface area contributed by atoms with E-state index in [1.54, 1.807) is 0 Å². The summed E-state index contributed by atoms with van der Waals surface area (Å²) in [5, 5.41) is 4.42. The van der Waals surface area contributed by atoms with Gasteiger partial charge in [0.05, 0.1) is 6.04 Å². The first-order valence-corrected chi connectivity index (χ1v) is 13.8. The Morgan fingerprint density at radius 2 is 1.82 bits per heavy atom. The average Bonchev–Trinajstić information content (AvgIpc) is 3.76. The molecule has 3 fully saturated rings. The number of dihydropyridines is 1. The van der Waals surface area contributed by atoms with Crippen LogP contribution < -0.4 is 5.32 Å². The predicted molar refractivity (Wildman–Crippen MR) is 139 cm³/mol. The molecular formula is C27H40ClN5O. The van der Waals surface area contributed by atoms with Crippen LogP contribution in [0, 0.1) is 17.8 Å². The Kier molecular flexibility index (Phi) is 8.08. The van der Waals surface area contributed by atoms with Crippen LogP contribution in [0.3, 0.4) is 0 Å². The van der Waals surface area contributed by atoms with Gasteiger partial charge in [-0.1, -0.05) is 17.7 Å². The first-order chi connectivity index (χ1) is 16.7. The van der Waals surface area contributed by atoms with Crippen molar-refractivity contribution in [2.75, 3.05) is 58.9 Å². The summed E-state index contributed by atoms with van der Waals surface area (Å²) in [6, 6.07) is 0.130. The summed E-state index contributed by atoms with van der Waals surface area (Å²) in [7, 11) is 0. The molecule has 3 aliphatic carbocycles. The fourth-order valence-electron chi connectivity index (χ4n) is 5.31. The highest BCUT2D eigenvalue weighted by atomic mass is 35.5. The Labute approximate surface area is 209 Å². The number of carbonyl (C=O) groups is 1. The van der Waals surface area contributed by atoms with Gasteiger partial charge in [-0.15, -0.1) is 0 Å². The van der Waals surface area contributed by atoms with Crippen LogP contribution in [0.1, 0.15) is 38.5 Å². The second kappa shape index (κ2) is 11.4. The van der Waals surface area contributed by atoms with Crippen molar-refractivity contribution in [2.24, 2.45) is 22.7 Å². The van der Waals surface area contributed by atoms with Gasteiger partial charge in [0.1, 0.15) is 0 Å². The molecule has 0 bridgehead atoms. The minimum Gasteiger partial charge on any atom is -0.388 e. The molecule has 6 nitrogen and oxygen atoms in total. The third-order valence-electron chi connectivity index (χ3n) is 7.79. The number of hydrogen-bond acceptors (Lipinski definition) is 5. The lowest BCUT2D eigenvalue weighted by Gasteiger charge is -2.35. The quantitative estimate of drug-likeness (QED) is 0.431. The first-order valence-electron chi connectivity index (χ1n) is 13.4. The minimum absolute atomic E-state index is 0.130. The molecule has 2 heterocycles. The van der Waals surface area contributed by atoms with Gasteiger partial charge in [0.2, 0.25) is 5.91 Å². The zero-order chi connectivity index (χ0) is 23.3. The lowest BCUT2D eigenvalue weighted by atomic mass is 9.90. The topological polar surface area (TPSA) is 51.2 Å². The van der Waals surface area contributed by atoms with Gasteiger partial charge in [0.25, 0.3) is 0 Å². The number of rotatable bonds is 12. The van der Waals surface area contributed by atoms with Crippen LogP contribution in [-0.2, 0) is 4.79 Å². The van der Waals surface area contributed by atoms with Crippen LogP contribution in [0.15, 0.2) is 40.0 Å². The summed E-state index contributed by atoms with van der Waals surface area (Å²) < 4.78 is 0. The largest absolute Gasteiger partial charge is 0.388 e. The van der Waals surface area contributed by atoms with Crippen LogP contribution in [0.5, 0.6) is 0 Å². The lowest BCUT2D eigenvalue weighted by Crippen LogP contribution is -2.47. The number of nitrogens with one attached hydrogen (secondary N) is 1. The Hall–Kier alpha value is -1.63. The highest BCUT2D eigenvalue weighted by Gasteiger charge is 2.35. The SMILES string of the molecule is O=C(C1CC1)N(CCCN1CCN(CCCNC2=CC=NC3C=C(Cl)C=CC23)CC1)CC1CC1. The molecule has 5 rings (SSSR count). The van der Waals surface area contributed by atoms with Crippen molar-refractivity contribution in [3.63, 3.8) is 0 Å². The maximum Gasteiger partial charge on any atom is 0.225 e. The molecular weight excluding hydrogens is 446 g/mol. The number of nitrogens with zero attached hydrogens (tertiary/aromatic N) is 4. The molecule has 5 aliphatic rings. The molecule has 0 aromatic rings. The third-order valence-corrected chi connectivity index (χ3v) is 8.05. The number of piperazine rings is 1. The smallest absolute Gasteiger partial charge is 0.225 e. The molecule has 1 amide bonds. The number of halogens is 1. The zero-order valence-electron chi connectivity index (χ0n) is 20.4. The molecule has 186 valence electrons. The number of fused-ring (bicyclic) bond motifs is 1. The predicted octanol–water partition coefficient (Wildman–Crippen LogP) is 3.27. The Morgan fingerprint density at radius 1 is 1.09 bits per heavy atom. The van der Waals surface area contributed by atoms with E-state index in [4.69, 9.17) is 11.6 Å². The van der Waals surface area contributed by atoms with Crippen LogP contribution in [-0.4, -0.2) is 91.8 Å². The second-order valence-electron chi connectivity index (χ2n) is 10.7. The molecule has 2 aliphatic heterocycles. The normalized spacial score (nSPS) is 27.2. The van der Waals surface area contributed by atoms with Gasteiger partial charge in [-0.3, -0.25) is 9.79 Å². The molecule has 2 saturated carbocycles. The number of hydrogen-bond donors (Lipinski definition) is 1. The van der Waals surface area contributed by atoms with E-state index in [1.165, 1.54) is 18.5 Å². The van der Waals surface area contributed by atoms with Crippen molar-refractivity contribution in [1.82, 2.24) is 20.0 Å². The Bertz CT molecular complexity index is 836. The van der Waals surface area contributed by atoms with Gasteiger partial charge in [-0.05, 0) is 75.8 Å². The molecule has 1 N–H and O–H groups in total. The maximum atomic E-state index is 12.6. The molecule has 0 radical (unpaired) electrons. The Morgan fingerprint density at radius 3 is 2.53 bits per heavy atom. The third kappa shape index (κ3) is 6.73. The fourth-order valence-corrected chi connectivity index (χ4v) is 5.52. The summed E-state index contributed by atoms with van der Waals surface area (Å²) >= 11 is 6.13. The van der Waals surface area contributed by atoms with E-state index < -0.39 is 0 Å². The number of carbonyl (C=O) groups excluding carboxylic acids is 1. The van der Waals surface area contributed by atoms with E-state index in [0.29, 0.717) is 11.8 Å². The van der Waals surface area contributed by atoms with E-state index in [-0.39, 0.29) is 12.0 Å². The van der Waals surface area contributed by atoms with Crippen LogP contribution in [0.25, 0.3) is 0 Å². The summed E-state index contributed by atoms with van der Waals surface area (Å²) in [5.41, 5.74) is 1.25. The molecule has 7 heteroatoms. The van der Waals surface area contributed by atoms with Crippen LogP contribution in [0.4, 0.5) is 0 Å². The molecule has 0 aromatic carbocycles. The first kappa shape index (κ1) is 24.1. The minimum atomic E-state index is 0.130. The van der Waals surface area contributed by atoms with Crippen LogP contribution in [0.2, 0.25) is 0 Å². The van der Waals surface area contributed by atoms with Crippen molar-refractivity contribution >= 4 is 23.7 Å². The van der Waals surface area contributed by atoms with E-state index in [0.717, 1.165) is 95.5 Å². The maximum absolute atomic E-state index is 12.6. The van der Waals surface area contributed by atoms with Crippen molar-refractivity contribution in [3.05, 3.63) is 35.0 Å². The van der Waals surface area contributed by atoms with Gasteiger partial charge in [0, 0.05) is 74.6 Å². The van der Waals surface area contributed by atoms with Crippen molar-refractivity contribution in [1.29, 1.82) is 0 Å². The van der Waals surface area contributed by atoms with Crippen LogP contribution >= 0.6 is 11.6 Å². The van der Waals surface area contributed by atoms with E-state index in [9.17, 15) is 4.79 Å². The molecule has 0 aromatic heterocycles. The molecule has 2 atom stereocenters. The lowest BCUT2D eigenvalue weighted by molar-refractivity contribution is -0.132. The highest BCUT2D eigenvalue weighted by Crippen LogP contribution is 2.34. The van der Waals surface area contributed by atoms with Gasteiger partial charge < -0.3 is 20.0 Å². The molecule has 34 heavy (non-hydrogen) atoms. The van der Waals surface area contributed by atoms with E-state index in [2.05, 4.69) is 37.2 Å². The molecule has 2 unspecified atom stereocenters. The summed E-state index contributed by atoms with van der Waals surface area (Å²) in [6.07, 6.45) is 17.3. The van der Waals surface area contributed by atoms with Gasteiger partial charge in [0.15, 0.2) is 0 Å². The molecule has 1 saturated heterocycles. The van der Waals surface area contributed by atoms with Gasteiger partial charge in [-0.2, -0.15) is 0 Å². The van der Waals surface area contributed by atoms with E-state index >= 15 is 0 Å². The fraction of sp³-hybridized carbons (Fsp3) is 0.704.